The molecule has 0 saturated carbocycles. The molecule has 0 fully saturated rings. The minimum absolute atomic E-state index is 0.190. The van der Waals surface area contributed by atoms with E-state index in [0.717, 1.165) is 0 Å². The Hall–Kier alpha value is -1.35. The summed E-state index contributed by atoms with van der Waals surface area (Å²) in [5.41, 5.74) is 0.285. The third-order valence-electron chi connectivity index (χ3n) is 1.52. The molecule has 1 heterocycles. The van der Waals surface area contributed by atoms with Gasteiger partial charge in [0, 0.05) is 32.6 Å². The average molecular weight is 211 g/mol. The Labute approximate surface area is 88.0 Å². The number of aromatic nitrogens is 1. The number of pyridine rings is 1. The summed E-state index contributed by atoms with van der Waals surface area (Å²) >= 11 is 5.80. The molecule has 1 aromatic rings. The molecule has 1 rings (SSSR count). The molecular formula is C10H11ClN2O. The van der Waals surface area contributed by atoms with Gasteiger partial charge in [0.05, 0.1) is 5.02 Å². The lowest BCUT2D eigenvalue weighted by molar-refractivity contribution is 0.104. The fraction of sp³-hybridized carbons (Fsp3) is 0.200. The van der Waals surface area contributed by atoms with Crippen LogP contribution < -0.4 is 0 Å². The van der Waals surface area contributed by atoms with Crippen molar-refractivity contribution < 1.29 is 4.79 Å². The quantitative estimate of drug-likeness (QED) is 0.565. The first-order chi connectivity index (χ1) is 6.61. The SMILES string of the molecule is CN(C)C=CC(=O)c1ncccc1Cl. The highest BCUT2D eigenvalue weighted by molar-refractivity contribution is 6.34. The average Bonchev–Trinajstić information content (AvgIpc) is 2.15. The van der Waals surface area contributed by atoms with Gasteiger partial charge in [-0.3, -0.25) is 9.78 Å². The third kappa shape index (κ3) is 2.85. The van der Waals surface area contributed by atoms with Crippen molar-refractivity contribution in [3.8, 4) is 0 Å². The molecule has 1 aromatic heterocycles. The molecule has 4 heteroatoms. The van der Waals surface area contributed by atoms with Crippen LogP contribution in [0.25, 0.3) is 0 Å². The van der Waals surface area contributed by atoms with E-state index in [1.165, 1.54) is 6.08 Å². The second-order valence-electron chi connectivity index (χ2n) is 2.98. The second kappa shape index (κ2) is 4.77. The molecule has 0 aliphatic heterocycles. The fourth-order valence-electron chi connectivity index (χ4n) is 0.863. The Balaban J connectivity index is 2.85. The second-order valence-corrected chi connectivity index (χ2v) is 3.38. The summed E-state index contributed by atoms with van der Waals surface area (Å²) in [7, 11) is 3.67. The lowest BCUT2D eigenvalue weighted by Gasteiger charge is -2.02. The van der Waals surface area contributed by atoms with Crippen LogP contribution in [0, 0.1) is 0 Å². The van der Waals surface area contributed by atoms with Gasteiger partial charge in [0.1, 0.15) is 5.69 Å². The van der Waals surface area contributed by atoms with Crippen LogP contribution in [0.5, 0.6) is 0 Å². The van der Waals surface area contributed by atoms with Crippen molar-refractivity contribution in [2.75, 3.05) is 14.1 Å². The zero-order chi connectivity index (χ0) is 10.6. The summed E-state index contributed by atoms with van der Waals surface area (Å²) < 4.78 is 0. The molecule has 0 saturated heterocycles. The van der Waals surface area contributed by atoms with Crippen LogP contribution in [-0.4, -0.2) is 29.8 Å². The third-order valence-corrected chi connectivity index (χ3v) is 1.82. The zero-order valence-corrected chi connectivity index (χ0v) is 8.82. The molecule has 0 radical (unpaired) electrons. The topological polar surface area (TPSA) is 33.2 Å². The molecular weight excluding hydrogens is 200 g/mol. The van der Waals surface area contributed by atoms with Crippen molar-refractivity contribution in [2.45, 2.75) is 0 Å². The van der Waals surface area contributed by atoms with Gasteiger partial charge in [-0.05, 0) is 12.1 Å². The lowest BCUT2D eigenvalue weighted by Crippen LogP contribution is -2.04. The maximum absolute atomic E-state index is 11.5. The zero-order valence-electron chi connectivity index (χ0n) is 8.07. The van der Waals surface area contributed by atoms with Gasteiger partial charge < -0.3 is 4.90 Å². The maximum atomic E-state index is 11.5. The van der Waals surface area contributed by atoms with Gasteiger partial charge in [0.2, 0.25) is 5.78 Å². The van der Waals surface area contributed by atoms with E-state index in [9.17, 15) is 4.79 Å². The fourth-order valence-corrected chi connectivity index (χ4v) is 1.08. The monoisotopic (exact) mass is 210 g/mol. The van der Waals surface area contributed by atoms with Gasteiger partial charge in [0.25, 0.3) is 0 Å². The minimum atomic E-state index is -0.190. The van der Waals surface area contributed by atoms with E-state index < -0.39 is 0 Å². The molecule has 3 nitrogen and oxygen atoms in total. The molecule has 0 bridgehead atoms. The van der Waals surface area contributed by atoms with Gasteiger partial charge in [-0.1, -0.05) is 11.6 Å². The highest BCUT2D eigenvalue weighted by atomic mass is 35.5. The van der Waals surface area contributed by atoms with E-state index in [-0.39, 0.29) is 11.5 Å². The molecule has 0 aromatic carbocycles. The number of hydrogen-bond donors (Lipinski definition) is 0. The summed E-state index contributed by atoms with van der Waals surface area (Å²) in [6.45, 7) is 0. The van der Waals surface area contributed by atoms with Gasteiger partial charge >= 0.3 is 0 Å². The van der Waals surface area contributed by atoms with E-state index in [1.807, 2.05) is 14.1 Å². The Morgan fingerprint density at radius 3 is 2.86 bits per heavy atom. The molecule has 0 spiro atoms. The highest BCUT2D eigenvalue weighted by Crippen LogP contribution is 2.12. The van der Waals surface area contributed by atoms with Crippen molar-refractivity contribution >= 4 is 17.4 Å². The molecule has 0 amide bonds. The first-order valence-corrected chi connectivity index (χ1v) is 4.48. The van der Waals surface area contributed by atoms with Gasteiger partial charge in [-0.25, -0.2) is 0 Å². The van der Waals surface area contributed by atoms with Gasteiger partial charge in [0.15, 0.2) is 0 Å². The first kappa shape index (κ1) is 10.7. The Kier molecular flexibility index (Phi) is 3.65. The number of nitrogens with zero attached hydrogens (tertiary/aromatic N) is 2. The normalized spacial score (nSPS) is 10.5. The van der Waals surface area contributed by atoms with Crippen LogP contribution in [0.3, 0.4) is 0 Å². The van der Waals surface area contributed by atoms with E-state index in [0.29, 0.717) is 5.02 Å². The summed E-state index contributed by atoms with van der Waals surface area (Å²) in [5.74, 6) is -0.190. The molecule has 0 aliphatic rings. The van der Waals surface area contributed by atoms with Crippen LogP contribution in [0.1, 0.15) is 10.5 Å². The van der Waals surface area contributed by atoms with E-state index >= 15 is 0 Å². The Morgan fingerprint density at radius 1 is 1.57 bits per heavy atom. The van der Waals surface area contributed by atoms with E-state index in [1.54, 1.807) is 29.4 Å². The molecule has 0 N–H and O–H groups in total. The summed E-state index contributed by atoms with van der Waals surface area (Å²) in [6.07, 6.45) is 4.64. The summed E-state index contributed by atoms with van der Waals surface area (Å²) in [4.78, 5) is 17.2. The number of carbonyl (C=O) groups is 1. The molecule has 74 valence electrons. The summed E-state index contributed by atoms with van der Waals surface area (Å²) in [5, 5.41) is 0.376. The van der Waals surface area contributed by atoms with E-state index in [2.05, 4.69) is 4.98 Å². The predicted molar refractivity (Wildman–Crippen MR) is 56.4 cm³/mol. The molecule has 14 heavy (non-hydrogen) atoms. The van der Waals surface area contributed by atoms with Crippen molar-refractivity contribution in [3.63, 3.8) is 0 Å². The Morgan fingerprint density at radius 2 is 2.29 bits per heavy atom. The first-order valence-electron chi connectivity index (χ1n) is 4.10. The van der Waals surface area contributed by atoms with Crippen molar-refractivity contribution in [2.24, 2.45) is 0 Å². The molecule has 0 unspecified atom stereocenters. The lowest BCUT2D eigenvalue weighted by atomic mass is 10.2. The largest absolute Gasteiger partial charge is 0.383 e. The van der Waals surface area contributed by atoms with E-state index in [4.69, 9.17) is 11.6 Å². The van der Waals surface area contributed by atoms with Crippen LogP contribution in [0.2, 0.25) is 5.02 Å². The van der Waals surface area contributed by atoms with Gasteiger partial charge in [-0.2, -0.15) is 0 Å². The molecule has 0 atom stereocenters. The minimum Gasteiger partial charge on any atom is -0.383 e. The Bertz CT molecular complexity index is 361. The van der Waals surface area contributed by atoms with Crippen LogP contribution in [-0.2, 0) is 0 Å². The number of hydrogen-bond acceptors (Lipinski definition) is 3. The van der Waals surface area contributed by atoms with Crippen LogP contribution >= 0.6 is 11.6 Å². The number of carbonyl (C=O) groups excluding carboxylic acids is 1. The van der Waals surface area contributed by atoms with Gasteiger partial charge in [-0.15, -0.1) is 0 Å². The van der Waals surface area contributed by atoms with Crippen molar-refractivity contribution in [1.82, 2.24) is 9.88 Å². The highest BCUT2D eigenvalue weighted by Gasteiger charge is 2.07. The maximum Gasteiger partial charge on any atom is 0.207 e. The van der Waals surface area contributed by atoms with Crippen molar-refractivity contribution in [1.29, 1.82) is 0 Å². The van der Waals surface area contributed by atoms with Crippen LogP contribution in [0.15, 0.2) is 30.6 Å². The number of ketones is 1. The number of halogens is 1. The number of rotatable bonds is 3. The molecule has 0 aliphatic carbocycles. The standard InChI is InChI=1S/C10H11ClN2O/c1-13(2)7-5-9(14)10-8(11)4-3-6-12-10/h3-7H,1-2H3. The predicted octanol–water partition coefficient (Wildman–Crippen LogP) is 1.99. The van der Waals surface area contributed by atoms with Crippen molar-refractivity contribution in [3.05, 3.63) is 41.3 Å². The number of allylic oxidation sites excluding steroid dienone is 1. The van der Waals surface area contributed by atoms with Crippen LogP contribution in [0.4, 0.5) is 0 Å². The summed E-state index contributed by atoms with van der Waals surface area (Å²) in [6, 6.07) is 3.33. The smallest absolute Gasteiger partial charge is 0.207 e.